The normalized spacial score (nSPS) is 11.1. The molecule has 0 radical (unpaired) electrons. The Morgan fingerprint density at radius 2 is 2.12 bits per heavy atom. The number of anilines is 1. The molecule has 0 aliphatic heterocycles. The molecule has 0 aliphatic rings. The molecule has 1 N–H and O–H groups in total. The Morgan fingerprint density at radius 1 is 1.38 bits per heavy atom. The fourth-order valence-electron chi connectivity index (χ4n) is 1.30. The third-order valence-corrected chi connectivity index (χ3v) is 3.12. The van der Waals surface area contributed by atoms with Crippen LogP contribution in [0, 0.1) is 0 Å². The first-order chi connectivity index (χ1) is 7.51. The van der Waals surface area contributed by atoms with Crippen molar-refractivity contribution in [3.8, 4) is 5.75 Å². The summed E-state index contributed by atoms with van der Waals surface area (Å²) in [6.07, 6.45) is 1.86. The molecule has 0 spiro atoms. The Balaban J connectivity index is 2.37. The summed E-state index contributed by atoms with van der Waals surface area (Å²) < 4.78 is 26.9. The monoisotopic (exact) mass is 243 g/mol. The van der Waals surface area contributed by atoms with Crippen LogP contribution in [0.15, 0.2) is 24.3 Å². The minimum Gasteiger partial charge on any atom is -0.497 e. The first-order valence-electron chi connectivity index (χ1n) is 5.07. The lowest BCUT2D eigenvalue weighted by Gasteiger charge is -2.07. The van der Waals surface area contributed by atoms with Gasteiger partial charge in [0.15, 0.2) is 0 Å². The van der Waals surface area contributed by atoms with Gasteiger partial charge in [0.2, 0.25) is 0 Å². The molecule has 0 amide bonds. The molecule has 90 valence electrons. The van der Waals surface area contributed by atoms with Crippen LogP contribution in [0.3, 0.4) is 0 Å². The largest absolute Gasteiger partial charge is 0.497 e. The van der Waals surface area contributed by atoms with Gasteiger partial charge in [-0.05, 0) is 18.6 Å². The van der Waals surface area contributed by atoms with Crippen molar-refractivity contribution in [2.24, 2.45) is 0 Å². The second-order valence-corrected chi connectivity index (χ2v) is 5.90. The highest BCUT2D eigenvalue weighted by molar-refractivity contribution is 7.90. The van der Waals surface area contributed by atoms with Crippen LogP contribution in [0.25, 0.3) is 0 Å². The van der Waals surface area contributed by atoms with Gasteiger partial charge in [0.05, 0.1) is 12.9 Å². The number of ether oxygens (including phenoxy) is 1. The van der Waals surface area contributed by atoms with E-state index in [0.29, 0.717) is 13.0 Å². The number of hydrogen-bond acceptors (Lipinski definition) is 4. The van der Waals surface area contributed by atoms with Crippen LogP contribution in [0.4, 0.5) is 5.69 Å². The van der Waals surface area contributed by atoms with Crippen molar-refractivity contribution < 1.29 is 13.2 Å². The van der Waals surface area contributed by atoms with Gasteiger partial charge in [-0.15, -0.1) is 0 Å². The van der Waals surface area contributed by atoms with E-state index in [2.05, 4.69) is 5.32 Å². The fraction of sp³-hybridized carbons (Fsp3) is 0.455. The van der Waals surface area contributed by atoms with Gasteiger partial charge in [0.1, 0.15) is 15.6 Å². The predicted molar refractivity (Wildman–Crippen MR) is 65.8 cm³/mol. The molecule has 4 nitrogen and oxygen atoms in total. The lowest BCUT2D eigenvalue weighted by Crippen LogP contribution is -2.09. The second kappa shape index (κ2) is 5.75. The van der Waals surface area contributed by atoms with Crippen molar-refractivity contribution in [1.29, 1.82) is 0 Å². The van der Waals surface area contributed by atoms with Crippen molar-refractivity contribution in [2.45, 2.75) is 6.42 Å². The lowest BCUT2D eigenvalue weighted by molar-refractivity contribution is 0.415. The summed E-state index contributed by atoms with van der Waals surface area (Å²) in [6.45, 7) is 0.639. The molecular weight excluding hydrogens is 226 g/mol. The first kappa shape index (κ1) is 12.8. The topological polar surface area (TPSA) is 55.4 Å². The minimum atomic E-state index is -2.86. The zero-order chi connectivity index (χ0) is 12.0. The van der Waals surface area contributed by atoms with E-state index in [9.17, 15) is 8.42 Å². The molecule has 0 aromatic heterocycles. The zero-order valence-corrected chi connectivity index (χ0v) is 10.4. The molecular formula is C11H17NO3S. The van der Waals surface area contributed by atoms with Gasteiger partial charge < -0.3 is 10.1 Å². The van der Waals surface area contributed by atoms with Gasteiger partial charge in [-0.1, -0.05) is 6.07 Å². The van der Waals surface area contributed by atoms with Gasteiger partial charge in [-0.25, -0.2) is 8.42 Å². The van der Waals surface area contributed by atoms with Crippen molar-refractivity contribution in [3.63, 3.8) is 0 Å². The zero-order valence-electron chi connectivity index (χ0n) is 9.56. The Kier molecular flexibility index (Phi) is 4.61. The molecule has 0 saturated carbocycles. The van der Waals surface area contributed by atoms with E-state index in [1.807, 2.05) is 24.3 Å². The third kappa shape index (κ3) is 5.02. The molecule has 1 rings (SSSR count). The van der Waals surface area contributed by atoms with Crippen molar-refractivity contribution in [3.05, 3.63) is 24.3 Å². The van der Waals surface area contributed by atoms with E-state index in [4.69, 9.17) is 4.74 Å². The molecule has 0 heterocycles. The maximum absolute atomic E-state index is 10.9. The van der Waals surface area contributed by atoms with Gasteiger partial charge in [-0.2, -0.15) is 0 Å². The summed E-state index contributed by atoms with van der Waals surface area (Å²) in [5.41, 5.74) is 0.938. The van der Waals surface area contributed by atoms with Crippen LogP contribution in [0.5, 0.6) is 5.75 Å². The minimum absolute atomic E-state index is 0.212. The molecule has 5 heteroatoms. The van der Waals surface area contributed by atoms with E-state index in [1.165, 1.54) is 6.26 Å². The quantitative estimate of drug-likeness (QED) is 0.770. The van der Waals surface area contributed by atoms with Crippen LogP contribution in [-0.4, -0.2) is 34.1 Å². The lowest BCUT2D eigenvalue weighted by atomic mass is 10.3. The molecule has 0 unspecified atom stereocenters. The Morgan fingerprint density at radius 3 is 2.75 bits per heavy atom. The maximum atomic E-state index is 10.9. The standard InChI is InChI=1S/C11H17NO3S/c1-15-11-6-3-5-10(9-11)12-7-4-8-16(2,13)14/h3,5-6,9,12H,4,7-8H2,1-2H3. The summed E-state index contributed by atoms with van der Waals surface area (Å²) in [5.74, 6) is 0.998. The number of hydrogen-bond donors (Lipinski definition) is 1. The highest BCUT2D eigenvalue weighted by Gasteiger charge is 2.01. The Labute approximate surface area is 96.5 Å². The van der Waals surface area contributed by atoms with Crippen LogP contribution in [0.2, 0.25) is 0 Å². The second-order valence-electron chi connectivity index (χ2n) is 3.64. The molecule has 0 atom stereocenters. The summed E-state index contributed by atoms with van der Waals surface area (Å²) in [6, 6.07) is 7.54. The number of sulfone groups is 1. The van der Waals surface area contributed by atoms with E-state index < -0.39 is 9.84 Å². The fourth-order valence-corrected chi connectivity index (χ4v) is 1.97. The van der Waals surface area contributed by atoms with Gasteiger partial charge >= 0.3 is 0 Å². The third-order valence-electron chi connectivity index (χ3n) is 2.09. The van der Waals surface area contributed by atoms with Crippen LogP contribution >= 0.6 is 0 Å². The number of benzene rings is 1. The Bertz CT molecular complexity index is 429. The van der Waals surface area contributed by atoms with Crippen molar-refractivity contribution >= 4 is 15.5 Å². The number of rotatable bonds is 6. The van der Waals surface area contributed by atoms with Gasteiger partial charge in [-0.3, -0.25) is 0 Å². The van der Waals surface area contributed by atoms with E-state index in [-0.39, 0.29) is 5.75 Å². The average Bonchev–Trinajstić information content (AvgIpc) is 2.23. The predicted octanol–water partition coefficient (Wildman–Crippen LogP) is 1.54. The molecule has 1 aromatic carbocycles. The van der Waals surface area contributed by atoms with E-state index in [0.717, 1.165) is 11.4 Å². The number of methoxy groups -OCH3 is 1. The smallest absolute Gasteiger partial charge is 0.147 e. The molecule has 0 fully saturated rings. The highest BCUT2D eigenvalue weighted by atomic mass is 32.2. The molecule has 0 aliphatic carbocycles. The SMILES string of the molecule is COc1cccc(NCCCS(C)(=O)=O)c1. The summed E-state index contributed by atoms with van der Waals surface area (Å²) in [7, 11) is -1.24. The maximum Gasteiger partial charge on any atom is 0.147 e. The molecule has 0 saturated heterocycles. The van der Waals surface area contributed by atoms with Crippen LogP contribution in [-0.2, 0) is 9.84 Å². The molecule has 16 heavy (non-hydrogen) atoms. The van der Waals surface area contributed by atoms with Crippen molar-refractivity contribution in [2.75, 3.05) is 31.0 Å². The van der Waals surface area contributed by atoms with Crippen LogP contribution < -0.4 is 10.1 Å². The first-order valence-corrected chi connectivity index (χ1v) is 7.13. The summed E-state index contributed by atoms with van der Waals surface area (Å²) in [4.78, 5) is 0. The highest BCUT2D eigenvalue weighted by Crippen LogP contribution is 2.16. The average molecular weight is 243 g/mol. The molecule has 0 bridgehead atoms. The van der Waals surface area contributed by atoms with Gasteiger partial charge in [0, 0.05) is 24.6 Å². The van der Waals surface area contributed by atoms with E-state index >= 15 is 0 Å². The van der Waals surface area contributed by atoms with Gasteiger partial charge in [0.25, 0.3) is 0 Å². The summed E-state index contributed by atoms with van der Waals surface area (Å²) in [5, 5.41) is 3.15. The summed E-state index contributed by atoms with van der Waals surface area (Å²) >= 11 is 0. The van der Waals surface area contributed by atoms with Crippen LogP contribution in [0.1, 0.15) is 6.42 Å². The van der Waals surface area contributed by atoms with Crippen molar-refractivity contribution in [1.82, 2.24) is 0 Å². The number of nitrogens with one attached hydrogen (secondary N) is 1. The Hall–Kier alpha value is -1.23. The van der Waals surface area contributed by atoms with E-state index in [1.54, 1.807) is 7.11 Å². The molecule has 1 aromatic rings.